The fourth-order valence-electron chi connectivity index (χ4n) is 1.93. The third-order valence-corrected chi connectivity index (χ3v) is 4.84. The maximum absolute atomic E-state index is 13.4. The number of rotatable bonds is 5. The van der Waals surface area contributed by atoms with Gasteiger partial charge >= 0.3 is 0 Å². The topological polar surface area (TPSA) is 75.3 Å². The van der Waals surface area contributed by atoms with Crippen LogP contribution in [0.15, 0.2) is 41.3 Å². The summed E-state index contributed by atoms with van der Waals surface area (Å²) in [6.07, 6.45) is 0. The Hall–Kier alpha value is -2.32. The maximum Gasteiger partial charge on any atom is 0.241 e. The minimum Gasteiger partial charge on any atom is -0.320 e. The smallest absolute Gasteiger partial charge is 0.241 e. The van der Waals surface area contributed by atoms with Crippen LogP contribution >= 0.6 is 0 Å². The van der Waals surface area contributed by atoms with E-state index < -0.39 is 39.8 Å². The first-order chi connectivity index (χ1) is 11.2. The molecule has 0 saturated heterocycles. The molecule has 1 amide bonds. The predicted molar refractivity (Wildman–Crippen MR) is 86.1 cm³/mol. The van der Waals surface area contributed by atoms with E-state index in [4.69, 9.17) is 0 Å². The number of halogens is 2. The summed E-state index contributed by atoms with van der Waals surface area (Å²) in [5.74, 6) is -2.77. The van der Waals surface area contributed by atoms with Gasteiger partial charge in [0.05, 0.1) is 11.4 Å². The Balaban J connectivity index is 2.06. The van der Waals surface area contributed by atoms with Gasteiger partial charge in [-0.1, -0.05) is 12.1 Å². The Morgan fingerprint density at radius 1 is 1.04 bits per heavy atom. The molecule has 0 aliphatic heterocycles. The third-order valence-electron chi connectivity index (χ3n) is 3.44. The van der Waals surface area contributed by atoms with Gasteiger partial charge in [0, 0.05) is 0 Å². The van der Waals surface area contributed by atoms with Crippen molar-refractivity contribution < 1.29 is 22.0 Å². The summed E-state index contributed by atoms with van der Waals surface area (Å²) in [4.78, 5) is 11.8. The van der Waals surface area contributed by atoms with Crippen molar-refractivity contribution in [2.45, 2.75) is 18.7 Å². The monoisotopic (exact) mass is 354 g/mol. The van der Waals surface area contributed by atoms with E-state index in [2.05, 4.69) is 4.72 Å². The van der Waals surface area contributed by atoms with Gasteiger partial charge in [0.2, 0.25) is 15.9 Å². The number of hydrogen-bond acceptors (Lipinski definition) is 3. The van der Waals surface area contributed by atoms with E-state index in [0.29, 0.717) is 0 Å². The van der Waals surface area contributed by atoms with Gasteiger partial charge in [0.1, 0.15) is 17.3 Å². The van der Waals surface area contributed by atoms with Crippen LogP contribution in [0, 0.1) is 25.5 Å². The van der Waals surface area contributed by atoms with Crippen LogP contribution in [0.1, 0.15) is 11.1 Å². The van der Waals surface area contributed by atoms with E-state index in [0.717, 1.165) is 29.3 Å². The van der Waals surface area contributed by atoms with Gasteiger partial charge in [-0.15, -0.1) is 0 Å². The van der Waals surface area contributed by atoms with Gasteiger partial charge in [-0.2, -0.15) is 0 Å². The molecule has 2 aromatic rings. The van der Waals surface area contributed by atoms with Gasteiger partial charge in [0.25, 0.3) is 0 Å². The molecule has 2 aromatic carbocycles. The van der Waals surface area contributed by atoms with E-state index in [9.17, 15) is 22.0 Å². The molecule has 8 heteroatoms. The van der Waals surface area contributed by atoms with Crippen molar-refractivity contribution in [3.05, 3.63) is 59.2 Å². The molecule has 0 heterocycles. The van der Waals surface area contributed by atoms with Crippen LogP contribution in [0.3, 0.4) is 0 Å². The van der Waals surface area contributed by atoms with Crippen LogP contribution < -0.4 is 10.0 Å². The molecule has 0 fully saturated rings. The fourth-order valence-corrected chi connectivity index (χ4v) is 2.99. The van der Waals surface area contributed by atoms with Crippen LogP contribution in [-0.4, -0.2) is 20.9 Å². The SMILES string of the molecule is Cc1ccc(S(=O)(=O)NCC(=O)Nc2c(F)cccc2F)cc1C. The highest BCUT2D eigenvalue weighted by Gasteiger charge is 2.17. The Kier molecular flexibility index (Phi) is 5.30. The van der Waals surface area contributed by atoms with E-state index >= 15 is 0 Å². The highest BCUT2D eigenvalue weighted by molar-refractivity contribution is 7.89. The first kappa shape index (κ1) is 18.0. The van der Waals surface area contributed by atoms with Crippen molar-refractivity contribution >= 4 is 21.6 Å². The number of amides is 1. The molecule has 0 saturated carbocycles. The summed E-state index contributed by atoms with van der Waals surface area (Å²) in [6.45, 7) is 2.96. The first-order valence-corrected chi connectivity index (χ1v) is 8.50. The zero-order chi connectivity index (χ0) is 17.9. The second-order valence-corrected chi connectivity index (χ2v) is 6.98. The summed E-state index contributed by atoms with van der Waals surface area (Å²) in [6, 6.07) is 7.67. The van der Waals surface area contributed by atoms with Crippen LogP contribution in [0.2, 0.25) is 0 Å². The summed E-state index contributed by atoms with van der Waals surface area (Å²) in [5.41, 5.74) is 1.10. The number of sulfonamides is 1. The van der Waals surface area contributed by atoms with Crippen molar-refractivity contribution in [3.63, 3.8) is 0 Å². The molecule has 2 N–H and O–H groups in total. The van der Waals surface area contributed by atoms with Gasteiger partial charge in [-0.25, -0.2) is 21.9 Å². The van der Waals surface area contributed by atoms with Crippen molar-refractivity contribution in [1.29, 1.82) is 0 Å². The molecule has 5 nitrogen and oxygen atoms in total. The van der Waals surface area contributed by atoms with Gasteiger partial charge in [0.15, 0.2) is 0 Å². The van der Waals surface area contributed by atoms with Crippen molar-refractivity contribution in [1.82, 2.24) is 4.72 Å². The van der Waals surface area contributed by atoms with Gasteiger partial charge in [-0.3, -0.25) is 4.79 Å². The molecule has 0 bridgehead atoms. The maximum atomic E-state index is 13.4. The quantitative estimate of drug-likeness (QED) is 0.866. The molecule has 2 rings (SSSR count). The predicted octanol–water partition coefficient (Wildman–Crippen LogP) is 2.50. The second kappa shape index (κ2) is 7.06. The van der Waals surface area contributed by atoms with Crippen molar-refractivity contribution in [2.75, 3.05) is 11.9 Å². The number of carbonyl (C=O) groups excluding carboxylic acids is 1. The summed E-state index contributed by atoms with van der Waals surface area (Å²) >= 11 is 0. The normalized spacial score (nSPS) is 11.3. The van der Waals surface area contributed by atoms with E-state index in [1.807, 2.05) is 12.2 Å². The van der Waals surface area contributed by atoms with Crippen LogP contribution in [-0.2, 0) is 14.8 Å². The first-order valence-electron chi connectivity index (χ1n) is 7.01. The summed E-state index contributed by atoms with van der Waals surface area (Å²) in [5, 5.41) is 2.01. The van der Waals surface area contributed by atoms with Crippen molar-refractivity contribution in [3.8, 4) is 0 Å². The van der Waals surface area contributed by atoms with Crippen LogP contribution in [0.25, 0.3) is 0 Å². The molecule has 0 aromatic heterocycles. The summed E-state index contributed by atoms with van der Waals surface area (Å²) < 4.78 is 53.3. The standard InChI is InChI=1S/C16H16F2N2O3S/c1-10-6-7-12(8-11(10)2)24(22,23)19-9-15(21)20-16-13(17)4-3-5-14(16)18/h3-8,19H,9H2,1-2H3,(H,20,21). The van der Waals surface area contributed by atoms with Crippen LogP contribution in [0.4, 0.5) is 14.5 Å². The van der Waals surface area contributed by atoms with E-state index in [-0.39, 0.29) is 4.90 Å². The average molecular weight is 354 g/mol. The lowest BCUT2D eigenvalue weighted by molar-refractivity contribution is -0.115. The molecule has 0 atom stereocenters. The molecule has 24 heavy (non-hydrogen) atoms. The molecule has 0 spiro atoms. The number of nitrogens with one attached hydrogen (secondary N) is 2. The number of hydrogen-bond donors (Lipinski definition) is 2. The lowest BCUT2D eigenvalue weighted by atomic mass is 10.1. The highest BCUT2D eigenvalue weighted by atomic mass is 32.2. The Morgan fingerprint density at radius 3 is 2.25 bits per heavy atom. The minimum atomic E-state index is -3.91. The van der Waals surface area contributed by atoms with Gasteiger partial charge in [-0.05, 0) is 49.2 Å². The molecular weight excluding hydrogens is 338 g/mol. The largest absolute Gasteiger partial charge is 0.320 e. The Morgan fingerprint density at radius 2 is 1.67 bits per heavy atom. The second-order valence-electron chi connectivity index (χ2n) is 5.22. The third kappa shape index (κ3) is 4.15. The molecule has 128 valence electrons. The average Bonchev–Trinajstić information content (AvgIpc) is 2.52. The lowest BCUT2D eigenvalue weighted by Crippen LogP contribution is -2.33. The summed E-state index contributed by atoms with van der Waals surface area (Å²) in [7, 11) is -3.91. The molecule has 0 unspecified atom stereocenters. The number of aryl methyl sites for hydroxylation is 2. The van der Waals surface area contributed by atoms with E-state index in [1.54, 1.807) is 13.0 Å². The number of carbonyl (C=O) groups is 1. The lowest BCUT2D eigenvalue weighted by Gasteiger charge is -2.10. The van der Waals surface area contributed by atoms with Crippen molar-refractivity contribution in [2.24, 2.45) is 0 Å². The molecule has 0 radical (unpaired) electrons. The molecular formula is C16H16F2N2O3S. The Bertz CT molecular complexity index is 863. The van der Waals surface area contributed by atoms with Crippen LogP contribution in [0.5, 0.6) is 0 Å². The number of anilines is 1. The molecule has 0 aliphatic carbocycles. The Labute approximate surface area is 138 Å². The van der Waals surface area contributed by atoms with E-state index in [1.165, 1.54) is 12.1 Å². The van der Waals surface area contributed by atoms with Gasteiger partial charge < -0.3 is 5.32 Å². The zero-order valence-corrected chi connectivity index (χ0v) is 13.9. The number of para-hydroxylation sites is 1. The highest BCUT2D eigenvalue weighted by Crippen LogP contribution is 2.18. The fraction of sp³-hybridized carbons (Fsp3) is 0.188. The zero-order valence-electron chi connectivity index (χ0n) is 13.1. The number of benzene rings is 2. The minimum absolute atomic E-state index is 0.00970. The molecule has 0 aliphatic rings.